The molecule has 0 aromatic heterocycles. The van der Waals surface area contributed by atoms with Gasteiger partial charge in [0.25, 0.3) is 0 Å². The molecule has 0 aliphatic rings. The van der Waals surface area contributed by atoms with Crippen molar-refractivity contribution >= 4 is 0 Å². The maximum Gasteiger partial charge on any atom is 0.196 e. The Balaban J connectivity index is 2.11. The topological polar surface area (TPSA) is 27.7 Å². The highest BCUT2D eigenvalue weighted by Crippen LogP contribution is 2.31. The Morgan fingerprint density at radius 1 is 0.923 bits per heavy atom. The second-order valence-electron chi connectivity index (χ2n) is 7.16. The first-order chi connectivity index (χ1) is 12.4. The van der Waals surface area contributed by atoms with Gasteiger partial charge in [-0.15, -0.1) is 0 Å². The minimum Gasteiger partial charge on any atom is -0.483 e. The Bertz CT molecular complexity index is 676. The van der Waals surface area contributed by atoms with Crippen molar-refractivity contribution in [1.29, 1.82) is 0 Å². The summed E-state index contributed by atoms with van der Waals surface area (Å²) in [6, 6.07) is 16.4. The highest BCUT2D eigenvalue weighted by Gasteiger charge is 2.23. The first-order valence-corrected chi connectivity index (χ1v) is 9.53. The summed E-state index contributed by atoms with van der Waals surface area (Å²) in [5.74, 6) is 2.22. The summed E-state index contributed by atoms with van der Waals surface area (Å²) >= 11 is 0. The summed E-state index contributed by atoms with van der Waals surface area (Å²) in [4.78, 5) is 0. The normalized spacial score (nSPS) is 13.9. The van der Waals surface area contributed by atoms with Crippen LogP contribution in [0.25, 0.3) is 0 Å². The second kappa shape index (κ2) is 9.09. The lowest BCUT2D eigenvalue weighted by molar-refractivity contribution is -0.0614. The minimum absolute atomic E-state index is 0.271. The van der Waals surface area contributed by atoms with Crippen LogP contribution in [0.4, 0.5) is 0 Å². The number of ether oxygens (including phenoxy) is 3. The third-order valence-electron chi connectivity index (χ3n) is 4.67. The lowest BCUT2D eigenvalue weighted by Crippen LogP contribution is -2.25. The van der Waals surface area contributed by atoms with Crippen LogP contribution in [0.5, 0.6) is 11.5 Å². The molecule has 0 saturated carbocycles. The van der Waals surface area contributed by atoms with E-state index < -0.39 is 5.60 Å². The van der Waals surface area contributed by atoms with E-state index in [2.05, 4.69) is 58.0 Å². The molecule has 0 aliphatic carbocycles. The van der Waals surface area contributed by atoms with E-state index in [-0.39, 0.29) is 6.29 Å². The molecule has 2 aromatic carbocycles. The van der Waals surface area contributed by atoms with Crippen LogP contribution < -0.4 is 9.47 Å². The molecule has 0 saturated heterocycles. The van der Waals surface area contributed by atoms with E-state index >= 15 is 0 Å². The maximum atomic E-state index is 6.28. The van der Waals surface area contributed by atoms with Crippen molar-refractivity contribution in [2.75, 3.05) is 6.61 Å². The van der Waals surface area contributed by atoms with Crippen molar-refractivity contribution in [2.45, 2.75) is 65.8 Å². The molecule has 0 spiro atoms. The summed E-state index contributed by atoms with van der Waals surface area (Å²) < 4.78 is 17.5. The fourth-order valence-corrected chi connectivity index (χ4v) is 2.86. The number of benzene rings is 2. The summed E-state index contributed by atoms with van der Waals surface area (Å²) in [6.07, 6.45) is 0.867. The third kappa shape index (κ3) is 5.50. The van der Waals surface area contributed by atoms with Gasteiger partial charge >= 0.3 is 0 Å². The zero-order valence-corrected chi connectivity index (χ0v) is 16.9. The third-order valence-corrected chi connectivity index (χ3v) is 4.67. The molecule has 0 N–H and O–H groups in total. The fraction of sp³-hybridized carbons (Fsp3) is 0.478. The maximum absolute atomic E-state index is 6.28. The van der Waals surface area contributed by atoms with Gasteiger partial charge in [-0.05, 0) is 75.4 Å². The molecule has 0 aliphatic heterocycles. The van der Waals surface area contributed by atoms with E-state index in [1.165, 1.54) is 5.56 Å². The Hall–Kier alpha value is -2.00. The van der Waals surface area contributed by atoms with Gasteiger partial charge in [0.15, 0.2) is 6.29 Å². The predicted octanol–water partition coefficient (Wildman–Crippen LogP) is 6.28. The van der Waals surface area contributed by atoms with Crippen molar-refractivity contribution < 1.29 is 14.2 Å². The predicted molar refractivity (Wildman–Crippen MR) is 107 cm³/mol. The van der Waals surface area contributed by atoms with Crippen LogP contribution in [0.2, 0.25) is 0 Å². The van der Waals surface area contributed by atoms with E-state index in [0.717, 1.165) is 23.5 Å². The molecule has 2 unspecified atom stereocenters. The molecule has 0 heterocycles. The molecule has 0 amide bonds. The molecule has 3 heteroatoms. The molecule has 142 valence electrons. The van der Waals surface area contributed by atoms with Gasteiger partial charge in [-0.3, -0.25) is 0 Å². The molecule has 0 bridgehead atoms. The zero-order valence-electron chi connectivity index (χ0n) is 16.9. The summed E-state index contributed by atoms with van der Waals surface area (Å²) in [6.45, 7) is 13.1. The molecule has 2 aromatic rings. The van der Waals surface area contributed by atoms with Crippen LogP contribution in [0.3, 0.4) is 0 Å². The lowest BCUT2D eigenvalue weighted by Gasteiger charge is -2.28. The van der Waals surface area contributed by atoms with Crippen molar-refractivity contribution in [3.63, 3.8) is 0 Å². The van der Waals surface area contributed by atoms with E-state index in [4.69, 9.17) is 14.2 Å². The van der Waals surface area contributed by atoms with Crippen molar-refractivity contribution in [3.05, 3.63) is 59.7 Å². The van der Waals surface area contributed by atoms with Crippen LogP contribution in [-0.4, -0.2) is 12.9 Å². The Labute approximate surface area is 158 Å². The standard InChI is InChI=1S/C23H32O3/c1-7-17(3)19-12-14-21(15-13-19)26-23(5,6)20-10-9-11-22(16-20)25-18(4)24-8-2/h9-18H,7-8H2,1-6H3. The highest BCUT2D eigenvalue weighted by molar-refractivity contribution is 5.34. The number of rotatable bonds is 9. The average Bonchev–Trinajstić information content (AvgIpc) is 2.62. The van der Waals surface area contributed by atoms with E-state index in [0.29, 0.717) is 12.5 Å². The van der Waals surface area contributed by atoms with Crippen LogP contribution in [0.1, 0.15) is 65.0 Å². The minimum atomic E-state index is -0.466. The largest absolute Gasteiger partial charge is 0.483 e. The molecule has 26 heavy (non-hydrogen) atoms. The van der Waals surface area contributed by atoms with Crippen LogP contribution in [-0.2, 0) is 10.3 Å². The van der Waals surface area contributed by atoms with Crippen LogP contribution in [0, 0.1) is 0 Å². The lowest BCUT2D eigenvalue weighted by atomic mass is 9.97. The van der Waals surface area contributed by atoms with Gasteiger partial charge < -0.3 is 14.2 Å². The first-order valence-electron chi connectivity index (χ1n) is 9.53. The van der Waals surface area contributed by atoms with Crippen LogP contribution in [0.15, 0.2) is 48.5 Å². The summed E-state index contributed by atoms with van der Waals surface area (Å²) in [7, 11) is 0. The van der Waals surface area contributed by atoms with Crippen molar-refractivity contribution in [1.82, 2.24) is 0 Å². The summed E-state index contributed by atoms with van der Waals surface area (Å²) in [5.41, 5.74) is 1.94. The first kappa shape index (κ1) is 20.3. The number of hydrogen-bond donors (Lipinski definition) is 0. The van der Waals surface area contributed by atoms with Gasteiger partial charge in [0, 0.05) is 6.61 Å². The Morgan fingerprint density at radius 2 is 1.62 bits per heavy atom. The van der Waals surface area contributed by atoms with Crippen molar-refractivity contribution in [3.8, 4) is 11.5 Å². The molecule has 3 nitrogen and oxygen atoms in total. The average molecular weight is 357 g/mol. The SMILES string of the molecule is CCOC(C)Oc1cccc(C(C)(C)Oc2ccc(C(C)CC)cc2)c1. The van der Waals surface area contributed by atoms with Gasteiger partial charge in [0.05, 0.1) is 0 Å². The van der Waals surface area contributed by atoms with Crippen molar-refractivity contribution in [2.24, 2.45) is 0 Å². The van der Waals surface area contributed by atoms with E-state index in [1.807, 2.05) is 32.0 Å². The smallest absolute Gasteiger partial charge is 0.196 e. The Kier molecular flexibility index (Phi) is 7.10. The van der Waals surface area contributed by atoms with Gasteiger partial charge in [-0.2, -0.15) is 0 Å². The molecule has 2 atom stereocenters. The number of hydrogen-bond acceptors (Lipinski definition) is 3. The molecular weight excluding hydrogens is 324 g/mol. The summed E-state index contributed by atoms with van der Waals surface area (Å²) in [5, 5.41) is 0. The second-order valence-corrected chi connectivity index (χ2v) is 7.16. The van der Waals surface area contributed by atoms with Gasteiger partial charge in [-0.1, -0.05) is 38.1 Å². The molecular formula is C23H32O3. The molecule has 0 radical (unpaired) electrons. The fourth-order valence-electron chi connectivity index (χ4n) is 2.86. The van der Waals surface area contributed by atoms with Gasteiger partial charge in [-0.25, -0.2) is 0 Å². The van der Waals surface area contributed by atoms with E-state index in [9.17, 15) is 0 Å². The Morgan fingerprint density at radius 3 is 2.23 bits per heavy atom. The monoisotopic (exact) mass is 356 g/mol. The zero-order chi connectivity index (χ0) is 19.2. The van der Waals surface area contributed by atoms with E-state index in [1.54, 1.807) is 0 Å². The van der Waals surface area contributed by atoms with Crippen LogP contribution >= 0.6 is 0 Å². The molecule has 2 rings (SSSR count). The molecule has 0 fully saturated rings. The van der Waals surface area contributed by atoms with Gasteiger partial charge in [0.2, 0.25) is 0 Å². The van der Waals surface area contributed by atoms with Gasteiger partial charge in [0.1, 0.15) is 17.1 Å². The quantitative estimate of drug-likeness (QED) is 0.495. The highest BCUT2D eigenvalue weighted by atomic mass is 16.7.